The van der Waals surface area contributed by atoms with Crippen LogP contribution in [0.15, 0.2) is 12.5 Å². The Labute approximate surface area is 89.1 Å². The van der Waals surface area contributed by atoms with Gasteiger partial charge >= 0.3 is 0 Å². The number of carbonyl (C=O) groups excluding carboxylic acids is 1. The number of nitrogens with zero attached hydrogens (tertiary/aromatic N) is 2. The van der Waals surface area contributed by atoms with Gasteiger partial charge in [-0.2, -0.15) is 0 Å². The lowest BCUT2D eigenvalue weighted by Gasteiger charge is -2.23. The molecule has 1 N–H and O–H groups in total. The van der Waals surface area contributed by atoms with E-state index < -0.39 is 0 Å². The summed E-state index contributed by atoms with van der Waals surface area (Å²) < 4.78 is 0. The second-order valence-corrected chi connectivity index (χ2v) is 4.04. The maximum absolute atomic E-state index is 10.8. The van der Waals surface area contributed by atoms with Crippen LogP contribution in [0.25, 0.3) is 0 Å². The van der Waals surface area contributed by atoms with Gasteiger partial charge in [-0.1, -0.05) is 0 Å². The summed E-state index contributed by atoms with van der Waals surface area (Å²) in [6.45, 7) is 2.32. The van der Waals surface area contributed by atoms with Crippen LogP contribution in [0, 0.1) is 5.92 Å². The third-order valence-electron chi connectivity index (χ3n) is 2.82. The molecule has 0 aliphatic heterocycles. The zero-order valence-electron chi connectivity index (χ0n) is 8.86. The molecule has 15 heavy (non-hydrogen) atoms. The number of aromatic nitrogens is 2. The molecule has 0 saturated carbocycles. The standard InChI is InChI=1S/C11H15N3O/c1-8(15)13-5-9-2-3-11-10(4-9)6-12-7-14-11/h6-7,9H,2-5H2,1H3,(H,13,15). The van der Waals surface area contributed by atoms with Crippen LogP contribution in [0.4, 0.5) is 0 Å². The Bertz CT molecular complexity index is 365. The van der Waals surface area contributed by atoms with Gasteiger partial charge in [0.15, 0.2) is 0 Å². The fourth-order valence-corrected chi connectivity index (χ4v) is 2.00. The molecule has 80 valence electrons. The van der Waals surface area contributed by atoms with Gasteiger partial charge in [-0.05, 0) is 30.7 Å². The van der Waals surface area contributed by atoms with Crippen LogP contribution < -0.4 is 5.32 Å². The Balaban J connectivity index is 1.96. The molecular formula is C11H15N3O. The van der Waals surface area contributed by atoms with Crippen molar-refractivity contribution in [1.82, 2.24) is 15.3 Å². The Morgan fingerprint density at radius 2 is 2.53 bits per heavy atom. The highest BCUT2D eigenvalue weighted by atomic mass is 16.1. The van der Waals surface area contributed by atoms with Gasteiger partial charge in [-0.3, -0.25) is 4.79 Å². The molecule has 0 radical (unpaired) electrons. The molecule has 1 aromatic rings. The van der Waals surface area contributed by atoms with Gasteiger partial charge < -0.3 is 5.32 Å². The number of fused-ring (bicyclic) bond motifs is 1. The highest BCUT2D eigenvalue weighted by molar-refractivity contribution is 5.72. The van der Waals surface area contributed by atoms with Crippen molar-refractivity contribution >= 4 is 5.91 Å². The Morgan fingerprint density at radius 3 is 3.33 bits per heavy atom. The minimum atomic E-state index is 0.0464. The number of hydrogen-bond acceptors (Lipinski definition) is 3. The van der Waals surface area contributed by atoms with Crippen LogP contribution >= 0.6 is 0 Å². The molecule has 0 bridgehead atoms. The predicted molar refractivity (Wildman–Crippen MR) is 56.2 cm³/mol. The van der Waals surface area contributed by atoms with Crippen LogP contribution in [-0.4, -0.2) is 22.4 Å². The van der Waals surface area contributed by atoms with Crippen LogP contribution in [0.2, 0.25) is 0 Å². The predicted octanol–water partition coefficient (Wildman–Crippen LogP) is 0.718. The summed E-state index contributed by atoms with van der Waals surface area (Å²) in [6, 6.07) is 0. The average molecular weight is 205 g/mol. The average Bonchev–Trinajstić information content (AvgIpc) is 2.26. The fourth-order valence-electron chi connectivity index (χ4n) is 2.00. The zero-order chi connectivity index (χ0) is 10.7. The van der Waals surface area contributed by atoms with Gasteiger partial charge in [0.25, 0.3) is 0 Å². The first kappa shape index (κ1) is 10.1. The minimum absolute atomic E-state index is 0.0464. The summed E-state index contributed by atoms with van der Waals surface area (Å²) in [6.07, 6.45) is 6.58. The summed E-state index contributed by atoms with van der Waals surface area (Å²) >= 11 is 0. The van der Waals surface area contributed by atoms with Crippen molar-refractivity contribution in [3.63, 3.8) is 0 Å². The molecule has 1 heterocycles. The molecule has 0 saturated heterocycles. The van der Waals surface area contributed by atoms with Crippen LogP contribution in [0.5, 0.6) is 0 Å². The van der Waals surface area contributed by atoms with E-state index in [1.807, 2.05) is 6.20 Å². The number of nitrogens with one attached hydrogen (secondary N) is 1. The van der Waals surface area contributed by atoms with Gasteiger partial charge in [0.1, 0.15) is 6.33 Å². The minimum Gasteiger partial charge on any atom is -0.356 e. The Kier molecular flexibility index (Phi) is 2.94. The van der Waals surface area contributed by atoms with Crippen molar-refractivity contribution in [2.45, 2.75) is 26.2 Å². The van der Waals surface area contributed by atoms with E-state index >= 15 is 0 Å². The van der Waals surface area contributed by atoms with Crippen molar-refractivity contribution < 1.29 is 4.79 Å². The van der Waals surface area contributed by atoms with Gasteiger partial charge in [0.05, 0.1) is 0 Å². The van der Waals surface area contributed by atoms with E-state index in [0.29, 0.717) is 5.92 Å². The molecule has 4 nitrogen and oxygen atoms in total. The molecule has 4 heteroatoms. The van der Waals surface area contributed by atoms with Gasteiger partial charge in [0, 0.05) is 25.4 Å². The van der Waals surface area contributed by atoms with E-state index in [9.17, 15) is 4.79 Å². The van der Waals surface area contributed by atoms with Crippen LogP contribution in [-0.2, 0) is 17.6 Å². The first-order valence-corrected chi connectivity index (χ1v) is 5.28. The molecule has 0 fully saturated rings. The quantitative estimate of drug-likeness (QED) is 0.774. The lowest BCUT2D eigenvalue weighted by molar-refractivity contribution is -0.119. The maximum Gasteiger partial charge on any atom is 0.216 e. The molecule has 0 spiro atoms. The van der Waals surface area contributed by atoms with E-state index in [4.69, 9.17) is 0 Å². The van der Waals surface area contributed by atoms with E-state index in [-0.39, 0.29) is 5.91 Å². The fraction of sp³-hybridized carbons (Fsp3) is 0.545. The normalized spacial score (nSPS) is 19.4. The molecular weight excluding hydrogens is 190 g/mol. The molecule has 1 aliphatic carbocycles. The van der Waals surface area contributed by atoms with Crippen molar-refractivity contribution in [3.05, 3.63) is 23.8 Å². The number of carbonyl (C=O) groups is 1. The van der Waals surface area contributed by atoms with E-state index in [1.165, 1.54) is 11.3 Å². The molecule has 1 aliphatic rings. The largest absolute Gasteiger partial charge is 0.356 e. The van der Waals surface area contributed by atoms with Crippen molar-refractivity contribution in [3.8, 4) is 0 Å². The molecule has 1 atom stereocenters. The van der Waals surface area contributed by atoms with Crippen LogP contribution in [0.3, 0.4) is 0 Å². The summed E-state index contributed by atoms with van der Waals surface area (Å²) in [5, 5.41) is 2.87. The monoisotopic (exact) mass is 205 g/mol. The van der Waals surface area contributed by atoms with E-state index in [2.05, 4.69) is 15.3 Å². The third-order valence-corrected chi connectivity index (χ3v) is 2.82. The SMILES string of the molecule is CC(=O)NCC1CCc2ncncc2C1. The Hall–Kier alpha value is -1.45. The highest BCUT2D eigenvalue weighted by Crippen LogP contribution is 2.22. The van der Waals surface area contributed by atoms with Crippen molar-refractivity contribution in [2.24, 2.45) is 5.92 Å². The summed E-state index contributed by atoms with van der Waals surface area (Å²) in [5.74, 6) is 0.581. The number of amides is 1. The van der Waals surface area contributed by atoms with Crippen molar-refractivity contribution in [1.29, 1.82) is 0 Å². The first-order chi connectivity index (χ1) is 7.25. The van der Waals surface area contributed by atoms with Gasteiger partial charge in [0.2, 0.25) is 5.91 Å². The number of aryl methyl sites for hydroxylation is 1. The Morgan fingerprint density at radius 1 is 1.67 bits per heavy atom. The highest BCUT2D eigenvalue weighted by Gasteiger charge is 2.19. The number of rotatable bonds is 2. The van der Waals surface area contributed by atoms with Crippen LogP contribution in [0.1, 0.15) is 24.6 Å². The van der Waals surface area contributed by atoms with Crippen molar-refractivity contribution in [2.75, 3.05) is 6.54 Å². The third kappa shape index (κ3) is 2.52. The molecule has 1 unspecified atom stereocenters. The van der Waals surface area contributed by atoms with Gasteiger partial charge in [-0.25, -0.2) is 9.97 Å². The van der Waals surface area contributed by atoms with E-state index in [0.717, 1.165) is 25.8 Å². The first-order valence-electron chi connectivity index (χ1n) is 5.28. The smallest absolute Gasteiger partial charge is 0.216 e. The molecule has 0 aromatic carbocycles. The molecule has 1 amide bonds. The van der Waals surface area contributed by atoms with E-state index in [1.54, 1.807) is 13.3 Å². The second-order valence-electron chi connectivity index (χ2n) is 4.04. The second kappa shape index (κ2) is 4.38. The molecule has 2 rings (SSSR count). The summed E-state index contributed by atoms with van der Waals surface area (Å²) in [4.78, 5) is 19.1. The summed E-state index contributed by atoms with van der Waals surface area (Å²) in [5.41, 5.74) is 2.41. The lowest BCUT2D eigenvalue weighted by atomic mass is 9.87. The van der Waals surface area contributed by atoms with Gasteiger partial charge in [-0.15, -0.1) is 0 Å². The zero-order valence-corrected chi connectivity index (χ0v) is 8.86. The number of hydrogen-bond donors (Lipinski definition) is 1. The maximum atomic E-state index is 10.8. The summed E-state index contributed by atoms with van der Waals surface area (Å²) in [7, 11) is 0. The lowest BCUT2D eigenvalue weighted by Crippen LogP contribution is -2.30. The topological polar surface area (TPSA) is 54.9 Å². The molecule has 1 aromatic heterocycles.